The van der Waals surface area contributed by atoms with Crippen LogP contribution in [-0.2, 0) is 9.53 Å². The summed E-state index contributed by atoms with van der Waals surface area (Å²) in [4.78, 5) is 33.3. The average molecular weight is 618 g/mol. The van der Waals surface area contributed by atoms with E-state index in [-0.39, 0.29) is 17.5 Å². The zero-order valence-electron chi connectivity index (χ0n) is 24.2. The van der Waals surface area contributed by atoms with Crippen molar-refractivity contribution < 1.29 is 32.6 Å². The number of allylic oxidation sites excluding steroid dienone is 4. The first-order valence-electron chi connectivity index (χ1n) is 14.1. The molecule has 0 aliphatic heterocycles. The maximum Gasteiger partial charge on any atom is 0.413 e. The predicted octanol–water partition coefficient (Wildman–Crippen LogP) is 5.20. The van der Waals surface area contributed by atoms with E-state index >= 15 is 0 Å². The molecule has 2 heterocycles. The monoisotopic (exact) mass is 617 g/mol. The van der Waals surface area contributed by atoms with Gasteiger partial charge in [0.25, 0.3) is 5.91 Å². The average Bonchev–Trinajstić information content (AvgIpc) is 3.63. The highest BCUT2D eigenvalue weighted by molar-refractivity contribution is 7.18. The minimum absolute atomic E-state index is 0.115. The van der Waals surface area contributed by atoms with Gasteiger partial charge < -0.3 is 25.8 Å². The number of carbonyl (C=O) groups is 2. The number of aliphatic hydroxyl groups excluding tert-OH is 1. The van der Waals surface area contributed by atoms with E-state index in [2.05, 4.69) is 25.9 Å². The molecular weight excluding hydrogens is 583 g/mol. The van der Waals surface area contributed by atoms with E-state index in [0.29, 0.717) is 28.6 Å². The number of hydrogen-bond acceptors (Lipinski definition) is 9. The summed E-state index contributed by atoms with van der Waals surface area (Å²) in [7, 11) is 0. The number of nitrogens with zero attached hydrogens (tertiary/aromatic N) is 2. The van der Waals surface area contributed by atoms with Crippen LogP contribution in [0.25, 0.3) is 10.2 Å². The van der Waals surface area contributed by atoms with Crippen LogP contribution in [0.3, 0.4) is 0 Å². The van der Waals surface area contributed by atoms with Gasteiger partial charge in [-0.2, -0.15) is 13.2 Å². The van der Waals surface area contributed by atoms with Crippen LogP contribution in [0.1, 0.15) is 50.9 Å². The number of amides is 1. The molecule has 0 aromatic carbocycles. The fourth-order valence-corrected chi connectivity index (χ4v) is 6.37. The molecule has 4 N–H and O–H groups in total. The van der Waals surface area contributed by atoms with Crippen LogP contribution < -0.4 is 16.0 Å². The third-order valence-corrected chi connectivity index (χ3v) is 8.90. The molecule has 1 saturated carbocycles. The number of halogens is 3. The van der Waals surface area contributed by atoms with Gasteiger partial charge in [0.15, 0.2) is 0 Å². The van der Waals surface area contributed by atoms with Gasteiger partial charge >= 0.3 is 12.1 Å². The highest BCUT2D eigenvalue weighted by atomic mass is 32.1. The van der Waals surface area contributed by atoms with Gasteiger partial charge in [-0.15, -0.1) is 11.3 Å². The fourth-order valence-electron chi connectivity index (χ4n) is 5.42. The van der Waals surface area contributed by atoms with Crippen molar-refractivity contribution in [1.29, 1.82) is 0 Å². The van der Waals surface area contributed by atoms with Gasteiger partial charge in [-0.25, -0.2) is 9.97 Å². The molecule has 0 radical (unpaired) electrons. The number of nitrogens with one attached hydrogen (secondary N) is 3. The van der Waals surface area contributed by atoms with Crippen molar-refractivity contribution in [3.8, 4) is 0 Å². The van der Waals surface area contributed by atoms with Crippen LogP contribution in [0, 0.1) is 23.7 Å². The maximum atomic E-state index is 13.9. The molecule has 3 aliphatic rings. The Labute approximate surface area is 251 Å². The smallest absolute Gasteiger partial charge is 0.413 e. The SMILES string of the molecule is CC(=O)OCC1C(C(F)(F)F)=CC(NC(O)C2C=C(NC(=O)c3csc4c(NC5CC5)ncnc34)C(C)=CC2C)=CC1C. The zero-order chi connectivity index (χ0) is 31.1. The van der Waals surface area contributed by atoms with E-state index < -0.39 is 48.3 Å². The summed E-state index contributed by atoms with van der Waals surface area (Å²) in [6.45, 7) is 6.09. The number of hydrogen-bond donors (Lipinski definition) is 4. The van der Waals surface area contributed by atoms with E-state index in [4.69, 9.17) is 4.74 Å². The molecular formula is C30H34F3N5O4S. The molecule has 1 fully saturated rings. The lowest BCUT2D eigenvalue weighted by Gasteiger charge is -2.34. The second-order valence-electron chi connectivity index (χ2n) is 11.4. The fraction of sp³-hybridized carbons (Fsp3) is 0.467. The first kappa shape index (κ1) is 30.7. The molecule has 1 amide bonds. The maximum absolute atomic E-state index is 13.9. The standard InChI is InChI=1S/C30H34F3N5O4S/c1-14-7-16(3)24(38-29(41)22-12-43-26-25(22)34-13-35-27(26)36-18-5-6-18)10-20(14)28(40)37-19-8-15(2)21(11-42-17(4)39)23(9-19)30(31,32)33/h7-10,12-15,18,20-21,28,37,40H,5-6,11H2,1-4H3,(H,38,41)(H,34,35,36). The Morgan fingerprint density at radius 1 is 1.16 bits per heavy atom. The summed E-state index contributed by atoms with van der Waals surface area (Å²) in [6, 6.07) is 0.391. The van der Waals surface area contributed by atoms with Gasteiger partial charge in [-0.3, -0.25) is 9.59 Å². The lowest BCUT2D eigenvalue weighted by Crippen LogP contribution is -2.41. The summed E-state index contributed by atoms with van der Waals surface area (Å²) in [5, 5.41) is 22.0. The summed E-state index contributed by atoms with van der Waals surface area (Å²) in [5.74, 6) is -2.73. The summed E-state index contributed by atoms with van der Waals surface area (Å²) in [5.41, 5.74) is 1.52. The van der Waals surface area contributed by atoms with Gasteiger partial charge in [-0.1, -0.05) is 32.1 Å². The van der Waals surface area contributed by atoms with E-state index in [9.17, 15) is 27.9 Å². The minimum atomic E-state index is -4.65. The Hall–Kier alpha value is -3.71. The van der Waals surface area contributed by atoms with Crippen molar-refractivity contribution in [2.75, 3.05) is 11.9 Å². The highest BCUT2D eigenvalue weighted by Gasteiger charge is 2.43. The molecule has 0 bridgehead atoms. The first-order chi connectivity index (χ1) is 20.3. The lowest BCUT2D eigenvalue weighted by molar-refractivity contribution is -0.144. The minimum Gasteiger partial charge on any atom is -0.465 e. The normalized spacial score (nSPS) is 24.7. The second-order valence-corrected chi connectivity index (χ2v) is 12.2. The van der Waals surface area contributed by atoms with Crippen LogP contribution >= 0.6 is 11.3 Å². The van der Waals surface area contributed by atoms with Crippen molar-refractivity contribution >= 4 is 39.2 Å². The first-order valence-corrected chi connectivity index (χ1v) is 15.0. The van der Waals surface area contributed by atoms with Crippen molar-refractivity contribution in [3.63, 3.8) is 0 Å². The molecule has 5 unspecified atom stereocenters. The van der Waals surface area contributed by atoms with Crippen molar-refractivity contribution in [2.45, 2.75) is 59.0 Å². The predicted molar refractivity (Wildman–Crippen MR) is 157 cm³/mol. The Balaban J connectivity index is 1.32. The number of aromatic nitrogens is 2. The number of thiophene rings is 1. The van der Waals surface area contributed by atoms with Gasteiger partial charge in [0.1, 0.15) is 18.4 Å². The van der Waals surface area contributed by atoms with Crippen molar-refractivity contribution in [2.24, 2.45) is 23.7 Å². The molecule has 5 atom stereocenters. The Morgan fingerprint density at radius 2 is 1.91 bits per heavy atom. The Morgan fingerprint density at radius 3 is 2.58 bits per heavy atom. The molecule has 2 aromatic rings. The highest BCUT2D eigenvalue weighted by Crippen LogP contribution is 2.40. The number of aliphatic hydroxyl groups is 1. The van der Waals surface area contributed by atoms with Crippen LogP contribution in [0.2, 0.25) is 0 Å². The van der Waals surface area contributed by atoms with E-state index in [1.54, 1.807) is 24.5 Å². The van der Waals surface area contributed by atoms with Crippen LogP contribution in [-0.4, -0.2) is 52.0 Å². The molecule has 230 valence electrons. The number of anilines is 1. The van der Waals surface area contributed by atoms with E-state index in [1.807, 2.05) is 19.9 Å². The quantitative estimate of drug-likeness (QED) is 0.224. The molecule has 13 heteroatoms. The van der Waals surface area contributed by atoms with Crippen molar-refractivity contribution in [3.05, 3.63) is 64.1 Å². The van der Waals surface area contributed by atoms with Gasteiger partial charge in [0, 0.05) is 47.1 Å². The number of alkyl halides is 3. The third kappa shape index (κ3) is 6.93. The van der Waals surface area contributed by atoms with Gasteiger partial charge in [0.2, 0.25) is 0 Å². The number of carbonyl (C=O) groups excluding carboxylic acids is 2. The number of ether oxygens (including phenoxy) is 1. The van der Waals surface area contributed by atoms with Crippen molar-refractivity contribution in [1.82, 2.24) is 20.6 Å². The molecule has 9 nitrogen and oxygen atoms in total. The molecule has 0 saturated heterocycles. The van der Waals surface area contributed by atoms with Crippen LogP contribution in [0.4, 0.5) is 19.0 Å². The third-order valence-electron chi connectivity index (χ3n) is 7.93. The number of esters is 1. The topological polar surface area (TPSA) is 125 Å². The molecule has 3 aliphatic carbocycles. The van der Waals surface area contributed by atoms with Gasteiger partial charge in [-0.05, 0) is 43.3 Å². The van der Waals surface area contributed by atoms with E-state index in [1.165, 1.54) is 17.7 Å². The summed E-state index contributed by atoms with van der Waals surface area (Å²) in [6.07, 6.45) is 3.85. The largest absolute Gasteiger partial charge is 0.465 e. The second kappa shape index (κ2) is 12.1. The lowest BCUT2D eigenvalue weighted by atomic mass is 9.81. The number of fused-ring (bicyclic) bond motifs is 1. The summed E-state index contributed by atoms with van der Waals surface area (Å²) >= 11 is 1.38. The Kier molecular flexibility index (Phi) is 8.66. The summed E-state index contributed by atoms with van der Waals surface area (Å²) < 4.78 is 47.5. The van der Waals surface area contributed by atoms with Crippen LogP contribution in [0.5, 0.6) is 0 Å². The zero-order valence-corrected chi connectivity index (χ0v) is 25.0. The number of rotatable bonds is 9. The molecule has 0 spiro atoms. The molecule has 2 aromatic heterocycles. The van der Waals surface area contributed by atoms with E-state index in [0.717, 1.165) is 36.1 Å². The molecule has 43 heavy (non-hydrogen) atoms. The molecule has 5 rings (SSSR count). The van der Waals surface area contributed by atoms with Gasteiger partial charge in [0.05, 0.1) is 22.4 Å². The van der Waals surface area contributed by atoms with Crippen LogP contribution in [0.15, 0.2) is 58.6 Å². The Bertz CT molecular complexity index is 1540.